The highest BCUT2D eigenvalue weighted by molar-refractivity contribution is 7.89. The lowest BCUT2D eigenvalue weighted by Crippen LogP contribution is -2.41. The number of nitrogens with zero attached hydrogens (tertiary/aromatic N) is 1. The molecule has 0 bridgehead atoms. The maximum Gasteiger partial charge on any atom is 0.315 e. The highest BCUT2D eigenvalue weighted by atomic mass is 32.2. The second-order valence-corrected chi connectivity index (χ2v) is 9.64. The van der Waals surface area contributed by atoms with E-state index in [4.69, 9.17) is 0 Å². The van der Waals surface area contributed by atoms with Crippen LogP contribution in [0.3, 0.4) is 0 Å². The van der Waals surface area contributed by atoms with Gasteiger partial charge in [0.2, 0.25) is 10.0 Å². The first-order chi connectivity index (χ1) is 16.1. The van der Waals surface area contributed by atoms with Crippen molar-refractivity contribution in [1.82, 2.24) is 25.8 Å². The number of benzene rings is 2. The van der Waals surface area contributed by atoms with Crippen LogP contribution < -0.4 is 21.5 Å². The van der Waals surface area contributed by atoms with Gasteiger partial charge in [-0.05, 0) is 49.7 Å². The summed E-state index contributed by atoms with van der Waals surface area (Å²) in [6.07, 6.45) is 0. The van der Waals surface area contributed by atoms with Gasteiger partial charge in [0.05, 0.1) is 4.90 Å². The molecule has 0 radical (unpaired) electrons. The summed E-state index contributed by atoms with van der Waals surface area (Å²) < 4.78 is 26.6. The molecular weight excluding hydrogens is 458 g/mol. The SMILES string of the molecule is CCN(CC)S(=O)(=O)c1cccc(C(=O)NNC(=O)c2ccc(CNC(=O)NC(C)C)cc2)c1. The molecule has 0 unspecified atom stereocenters. The summed E-state index contributed by atoms with van der Waals surface area (Å²) in [6, 6.07) is 11.9. The largest absolute Gasteiger partial charge is 0.336 e. The summed E-state index contributed by atoms with van der Waals surface area (Å²) in [5, 5.41) is 5.43. The fourth-order valence-electron chi connectivity index (χ4n) is 3.04. The number of urea groups is 1. The lowest BCUT2D eigenvalue weighted by atomic mass is 10.1. The monoisotopic (exact) mass is 489 g/mol. The smallest absolute Gasteiger partial charge is 0.315 e. The summed E-state index contributed by atoms with van der Waals surface area (Å²) in [7, 11) is -3.72. The van der Waals surface area contributed by atoms with Crippen LogP contribution in [0.4, 0.5) is 4.79 Å². The van der Waals surface area contributed by atoms with E-state index in [1.165, 1.54) is 28.6 Å². The number of hydrogen-bond acceptors (Lipinski definition) is 5. The first kappa shape index (κ1) is 26.8. The van der Waals surface area contributed by atoms with Gasteiger partial charge in [0.1, 0.15) is 0 Å². The number of rotatable bonds is 9. The normalized spacial score (nSPS) is 11.2. The van der Waals surface area contributed by atoms with Crippen molar-refractivity contribution in [3.05, 3.63) is 65.2 Å². The average Bonchev–Trinajstić information content (AvgIpc) is 2.81. The van der Waals surface area contributed by atoms with Gasteiger partial charge in [-0.1, -0.05) is 32.0 Å². The van der Waals surface area contributed by atoms with E-state index in [0.29, 0.717) is 25.2 Å². The van der Waals surface area contributed by atoms with Crippen molar-refractivity contribution in [1.29, 1.82) is 0 Å². The van der Waals surface area contributed by atoms with Crippen LogP contribution in [-0.4, -0.2) is 49.7 Å². The maximum absolute atomic E-state index is 12.7. The van der Waals surface area contributed by atoms with Gasteiger partial charge in [0, 0.05) is 36.8 Å². The van der Waals surface area contributed by atoms with Crippen molar-refractivity contribution < 1.29 is 22.8 Å². The van der Waals surface area contributed by atoms with E-state index in [1.54, 1.807) is 38.1 Å². The molecule has 10 nitrogen and oxygen atoms in total. The van der Waals surface area contributed by atoms with Crippen LogP contribution >= 0.6 is 0 Å². The van der Waals surface area contributed by atoms with E-state index >= 15 is 0 Å². The van der Waals surface area contributed by atoms with Gasteiger partial charge in [0.15, 0.2) is 0 Å². The zero-order valence-corrected chi connectivity index (χ0v) is 20.5. The molecule has 0 saturated carbocycles. The number of carbonyl (C=O) groups excluding carboxylic acids is 3. The van der Waals surface area contributed by atoms with Crippen molar-refractivity contribution in [2.45, 2.75) is 45.2 Å². The Hall–Kier alpha value is -3.44. The molecule has 184 valence electrons. The summed E-state index contributed by atoms with van der Waals surface area (Å²) in [6.45, 7) is 8.10. The predicted molar refractivity (Wildman–Crippen MR) is 128 cm³/mol. The fourth-order valence-corrected chi connectivity index (χ4v) is 4.54. The van der Waals surface area contributed by atoms with Gasteiger partial charge in [-0.3, -0.25) is 20.4 Å². The Morgan fingerprint density at radius 2 is 1.47 bits per heavy atom. The topological polar surface area (TPSA) is 137 Å². The highest BCUT2D eigenvalue weighted by Gasteiger charge is 2.22. The van der Waals surface area contributed by atoms with E-state index in [9.17, 15) is 22.8 Å². The third-order valence-corrected chi connectivity index (χ3v) is 6.86. The van der Waals surface area contributed by atoms with Crippen LogP contribution in [0.5, 0.6) is 0 Å². The molecule has 4 N–H and O–H groups in total. The van der Waals surface area contributed by atoms with E-state index in [-0.39, 0.29) is 22.5 Å². The fraction of sp³-hybridized carbons (Fsp3) is 0.348. The Kier molecular flexibility index (Phi) is 9.58. The quantitative estimate of drug-likeness (QED) is 0.399. The molecule has 2 aromatic rings. The number of sulfonamides is 1. The molecule has 0 aromatic heterocycles. The van der Waals surface area contributed by atoms with E-state index < -0.39 is 21.8 Å². The zero-order valence-electron chi connectivity index (χ0n) is 19.7. The molecule has 2 aromatic carbocycles. The minimum absolute atomic E-state index is 0.00134. The molecule has 34 heavy (non-hydrogen) atoms. The Labute approximate surface area is 200 Å². The molecule has 2 rings (SSSR count). The lowest BCUT2D eigenvalue weighted by Gasteiger charge is -2.18. The third-order valence-electron chi connectivity index (χ3n) is 4.82. The Balaban J connectivity index is 1.96. The molecule has 0 heterocycles. The number of nitrogens with one attached hydrogen (secondary N) is 4. The Bertz CT molecular complexity index is 1110. The number of hydrogen-bond donors (Lipinski definition) is 4. The van der Waals surface area contributed by atoms with Gasteiger partial charge in [-0.2, -0.15) is 4.31 Å². The van der Waals surface area contributed by atoms with E-state index in [1.807, 2.05) is 13.8 Å². The van der Waals surface area contributed by atoms with Crippen molar-refractivity contribution in [2.24, 2.45) is 0 Å². The molecule has 4 amide bonds. The summed E-state index contributed by atoms with van der Waals surface area (Å²) in [5.41, 5.74) is 5.80. The Morgan fingerprint density at radius 3 is 2.03 bits per heavy atom. The molecule has 0 aliphatic heterocycles. The molecule has 0 saturated heterocycles. The van der Waals surface area contributed by atoms with Crippen molar-refractivity contribution in [3.63, 3.8) is 0 Å². The number of hydrazine groups is 1. The van der Waals surface area contributed by atoms with Gasteiger partial charge < -0.3 is 10.6 Å². The van der Waals surface area contributed by atoms with Crippen LogP contribution in [0.2, 0.25) is 0 Å². The standard InChI is InChI=1S/C23H31N5O5S/c1-5-28(6-2)34(32,33)20-9-7-8-19(14-20)22(30)27-26-21(29)18-12-10-17(11-13-18)15-24-23(31)25-16(3)4/h7-14,16H,5-6,15H2,1-4H3,(H,26,29)(H,27,30)(H2,24,25,31). The molecular formula is C23H31N5O5S. The van der Waals surface area contributed by atoms with Crippen LogP contribution in [0.15, 0.2) is 53.4 Å². The molecule has 0 aliphatic carbocycles. The molecule has 11 heteroatoms. The average molecular weight is 490 g/mol. The lowest BCUT2D eigenvalue weighted by molar-refractivity contribution is 0.0846. The Morgan fingerprint density at radius 1 is 0.882 bits per heavy atom. The first-order valence-corrected chi connectivity index (χ1v) is 12.4. The van der Waals surface area contributed by atoms with Gasteiger partial charge >= 0.3 is 6.03 Å². The molecule has 0 fully saturated rings. The van der Waals surface area contributed by atoms with E-state index in [2.05, 4.69) is 21.5 Å². The van der Waals surface area contributed by atoms with Gasteiger partial charge in [0.25, 0.3) is 11.8 Å². The van der Waals surface area contributed by atoms with Crippen molar-refractivity contribution >= 4 is 27.9 Å². The predicted octanol–water partition coefficient (Wildman–Crippen LogP) is 2.00. The van der Waals surface area contributed by atoms with Crippen LogP contribution in [0.25, 0.3) is 0 Å². The minimum Gasteiger partial charge on any atom is -0.336 e. The van der Waals surface area contributed by atoms with Gasteiger partial charge in [-0.15, -0.1) is 0 Å². The summed E-state index contributed by atoms with van der Waals surface area (Å²) >= 11 is 0. The van der Waals surface area contributed by atoms with Crippen molar-refractivity contribution in [3.8, 4) is 0 Å². The first-order valence-electron chi connectivity index (χ1n) is 10.9. The molecule has 0 spiro atoms. The highest BCUT2D eigenvalue weighted by Crippen LogP contribution is 2.17. The zero-order chi connectivity index (χ0) is 25.3. The van der Waals surface area contributed by atoms with Gasteiger partial charge in [-0.25, -0.2) is 13.2 Å². The summed E-state index contributed by atoms with van der Waals surface area (Å²) in [5.74, 6) is -1.20. The van der Waals surface area contributed by atoms with Crippen LogP contribution in [-0.2, 0) is 16.6 Å². The minimum atomic E-state index is -3.72. The van der Waals surface area contributed by atoms with E-state index in [0.717, 1.165) is 5.56 Å². The van der Waals surface area contributed by atoms with Crippen LogP contribution in [0, 0.1) is 0 Å². The maximum atomic E-state index is 12.7. The second-order valence-electron chi connectivity index (χ2n) is 7.70. The number of carbonyl (C=O) groups is 3. The van der Waals surface area contributed by atoms with Crippen LogP contribution in [0.1, 0.15) is 54.0 Å². The third kappa shape index (κ3) is 7.29. The molecule has 0 atom stereocenters. The summed E-state index contributed by atoms with van der Waals surface area (Å²) in [4.78, 5) is 36.5. The second kappa shape index (κ2) is 12.1. The van der Waals surface area contributed by atoms with Crippen molar-refractivity contribution in [2.75, 3.05) is 13.1 Å². The molecule has 0 aliphatic rings. The number of amides is 4.